The predicted molar refractivity (Wildman–Crippen MR) is 67.9 cm³/mol. The van der Waals surface area contributed by atoms with E-state index in [0.717, 1.165) is 3.57 Å². The zero-order valence-electron chi connectivity index (χ0n) is 8.41. The molecular formula is C10H6IN3O3. The summed E-state index contributed by atoms with van der Waals surface area (Å²) in [6.07, 6.45) is 3.07. The number of nitrogens with zero attached hydrogens (tertiary/aromatic N) is 3. The fourth-order valence-corrected chi connectivity index (χ4v) is 1.57. The van der Waals surface area contributed by atoms with E-state index in [-0.39, 0.29) is 11.7 Å². The lowest BCUT2D eigenvalue weighted by Crippen LogP contribution is -1.94. The van der Waals surface area contributed by atoms with Crippen molar-refractivity contribution in [1.29, 1.82) is 0 Å². The smallest absolute Gasteiger partial charge is 0.321 e. The molecule has 7 heteroatoms. The number of nitro benzene ring substituents is 1. The highest BCUT2D eigenvalue weighted by Crippen LogP contribution is 2.28. The molecule has 0 atom stereocenters. The topological polar surface area (TPSA) is 78.2 Å². The molecule has 0 unspecified atom stereocenters. The van der Waals surface area contributed by atoms with Gasteiger partial charge in [0.1, 0.15) is 0 Å². The van der Waals surface area contributed by atoms with E-state index < -0.39 is 4.92 Å². The van der Waals surface area contributed by atoms with Crippen LogP contribution in [0.3, 0.4) is 0 Å². The van der Waals surface area contributed by atoms with Gasteiger partial charge in [-0.1, -0.05) is 0 Å². The summed E-state index contributed by atoms with van der Waals surface area (Å²) in [7, 11) is 0. The zero-order chi connectivity index (χ0) is 12.3. The number of hydrogen-bond donors (Lipinski definition) is 0. The van der Waals surface area contributed by atoms with Crippen LogP contribution in [-0.2, 0) is 0 Å². The average Bonchev–Trinajstić information content (AvgIpc) is 2.33. The monoisotopic (exact) mass is 343 g/mol. The van der Waals surface area contributed by atoms with Gasteiger partial charge in [-0.3, -0.25) is 10.1 Å². The predicted octanol–water partition coefficient (Wildman–Crippen LogP) is 2.78. The molecular weight excluding hydrogens is 337 g/mol. The molecule has 0 aliphatic heterocycles. The van der Waals surface area contributed by atoms with Gasteiger partial charge in [0.25, 0.3) is 5.69 Å². The Morgan fingerprint density at radius 1 is 1.29 bits per heavy atom. The molecule has 0 amide bonds. The Labute approximate surface area is 110 Å². The Kier molecular flexibility index (Phi) is 3.47. The molecule has 0 N–H and O–H groups in total. The van der Waals surface area contributed by atoms with Crippen molar-refractivity contribution >= 4 is 28.3 Å². The minimum atomic E-state index is -0.477. The normalized spacial score (nSPS) is 9.94. The highest BCUT2D eigenvalue weighted by molar-refractivity contribution is 14.1. The molecule has 0 radical (unpaired) electrons. The van der Waals surface area contributed by atoms with Crippen LogP contribution in [0.4, 0.5) is 5.69 Å². The van der Waals surface area contributed by atoms with E-state index in [1.165, 1.54) is 24.5 Å². The van der Waals surface area contributed by atoms with Crippen LogP contribution in [0.25, 0.3) is 0 Å². The molecule has 1 aromatic carbocycles. The van der Waals surface area contributed by atoms with Crippen LogP contribution in [0.15, 0.2) is 36.7 Å². The van der Waals surface area contributed by atoms with Gasteiger partial charge in [-0.2, -0.15) is 0 Å². The Morgan fingerprint density at radius 2 is 2.00 bits per heavy atom. The first-order valence-corrected chi connectivity index (χ1v) is 5.63. The first-order valence-electron chi connectivity index (χ1n) is 4.55. The number of rotatable bonds is 3. The fraction of sp³-hybridized carbons (Fsp3) is 0. The molecule has 0 fully saturated rings. The van der Waals surface area contributed by atoms with Gasteiger partial charge < -0.3 is 4.74 Å². The molecule has 0 saturated carbocycles. The van der Waals surface area contributed by atoms with E-state index in [4.69, 9.17) is 4.74 Å². The summed E-state index contributed by atoms with van der Waals surface area (Å²) >= 11 is 2.02. The van der Waals surface area contributed by atoms with Gasteiger partial charge in [-0.05, 0) is 34.7 Å². The maximum absolute atomic E-state index is 10.6. The molecule has 1 heterocycles. The summed E-state index contributed by atoms with van der Waals surface area (Å²) in [4.78, 5) is 17.9. The SMILES string of the molecule is O=[N+]([O-])c1ccc(I)c(Oc2ncccn2)c1. The molecule has 0 aliphatic carbocycles. The minimum Gasteiger partial charge on any atom is -0.423 e. The Morgan fingerprint density at radius 3 is 2.65 bits per heavy atom. The van der Waals surface area contributed by atoms with Gasteiger partial charge in [0, 0.05) is 18.5 Å². The van der Waals surface area contributed by atoms with Crippen LogP contribution < -0.4 is 4.74 Å². The largest absolute Gasteiger partial charge is 0.423 e. The molecule has 0 spiro atoms. The number of benzene rings is 1. The summed E-state index contributed by atoms with van der Waals surface area (Å²) in [5.74, 6) is 0.367. The van der Waals surface area contributed by atoms with Crippen LogP contribution >= 0.6 is 22.6 Å². The highest BCUT2D eigenvalue weighted by atomic mass is 127. The third-order valence-corrected chi connectivity index (χ3v) is 2.76. The van der Waals surface area contributed by atoms with Crippen molar-refractivity contribution in [1.82, 2.24) is 9.97 Å². The average molecular weight is 343 g/mol. The lowest BCUT2D eigenvalue weighted by molar-refractivity contribution is -0.384. The van der Waals surface area contributed by atoms with Crippen LogP contribution in [0.5, 0.6) is 11.8 Å². The van der Waals surface area contributed by atoms with Crippen molar-refractivity contribution in [3.8, 4) is 11.8 Å². The molecule has 0 aliphatic rings. The quantitative estimate of drug-likeness (QED) is 0.487. The molecule has 17 heavy (non-hydrogen) atoms. The van der Waals surface area contributed by atoms with Crippen LogP contribution in [-0.4, -0.2) is 14.9 Å². The number of ether oxygens (including phenoxy) is 1. The van der Waals surface area contributed by atoms with Crippen molar-refractivity contribution in [2.45, 2.75) is 0 Å². The summed E-state index contributed by atoms with van der Waals surface area (Å²) in [6.45, 7) is 0. The van der Waals surface area contributed by atoms with E-state index in [1.54, 1.807) is 12.1 Å². The molecule has 6 nitrogen and oxygen atoms in total. The van der Waals surface area contributed by atoms with Gasteiger partial charge in [-0.25, -0.2) is 9.97 Å². The Bertz CT molecular complexity index is 548. The minimum absolute atomic E-state index is 0.0312. The van der Waals surface area contributed by atoms with Gasteiger partial charge in [0.2, 0.25) is 0 Å². The number of nitro groups is 1. The van der Waals surface area contributed by atoms with Gasteiger partial charge in [0.05, 0.1) is 14.6 Å². The van der Waals surface area contributed by atoms with E-state index in [1.807, 2.05) is 22.6 Å². The van der Waals surface area contributed by atoms with Crippen molar-refractivity contribution in [2.24, 2.45) is 0 Å². The van der Waals surface area contributed by atoms with Crippen LogP contribution in [0, 0.1) is 13.7 Å². The van der Waals surface area contributed by atoms with Crippen molar-refractivity contribution in [2.75, 3.05) is 0 Å². The summed E-state index contributed by atoms with van der Waals surface area (Å²) in [5, 5.41) is 10.6. The standard InChI is InChI=1S/C10H6IN3O3/c11-8-3-2-7(14(15)16)6-9(8)17-10-12-4-1-5-13-10/h1-6H. The second kappa shape index (κ2) is 5.04. The summed E-state index contributed by atoms with van der Waals surface area (Å²) in [6, 6.07) is 6.19. The molecule has 0 saturated heterocycles. The summed E-state index contributed by atoms with van der Waals surface area (Å²) < 4.78 is 6.12. The third-order valence-electron chi connectivity index (χ3n) is 1.87. The maximum Gasteiger partial charge on any atom is 0.321 e. The second-order valence-corrected chi connectivity index (χ2v) is 4.17. The molecule has 1 aromatic heterocycles. The van der Waals surface area contributed by atoms with E-state index in [0.29, 0.717) is 5.75 Å². The lowest BCUT2D eigenvalue weighted by atomic mass is 10.3. The third kappa shape index (κ3) is 2.87. The van der Waals surface area contributed by atoms with Gasteiger partial charge >= 0.3 is 6.01 Å². The van der Waals surface area contributed by atoms with Crippen molar-refractivity contribution in [3.63, 3.8) is 0 Å². The van der Waals surface area contributed by atoms with Crippen molar-refractivity contribution in [3.05, 3.63) is 50.3 Å². The second-order valence-electron chi connectivity index (χ2n) is 3.01. The molecule has 2 rings (SSSR count). The Balaban J connectivity index is 2.32. The number of hydrogen-bond acceptors (Lipinski definition) is 5. The van der Waals surface area contributed by atoms with Gasteiger partial charge in [0.15, 0.2) is 5.75 Å². The maximum atomic E-state index is 10.6. The Hall–Kier alpha value is -1.77. The molecule has 86 valence electrons. The molecule has 0 bridgehead atoms. The number of halogens is 1. The molecule has 2 aromatic rings. The fourth-order valence-electron chi connectivity index (χ4n) is 1.12. The first-order chi connectivity index (χ1) is 8.16. The lowest BCUT2D eigenvalue weighted by Gasteiger charge is -2.04. The zero-order valence-corrected chi connectivity index (χ0v) is 10.6. The number of aromatic nitrogens is 2. The van der Waals surface area contributed by atoms with E-state index in [2.05, 4.69) is 9.97 Å². The van der Waals surface area contributed by atoms with E-state index >= 15 is 0 Å². The van der Waals surface area contributed by atoms with Gasteiger partial charge in [-0.15, -0.1) is 0 Å². The van der Waals surface area contributed by atoms with Crippen LogP contribution in [0.2, 0.25) is 0 Å². The number of non-ortho nitro benzene ring substituents is 1. The van der Waals surface area contributed by atoms with Crippen LogP contribution in [0.1, 0.15) is 0 Å². The van der Waals surface area contributed by atoms with Crippen molar-refractivity contribution < 1.29 is 9.66 Å². The first kappa shape index (κ1) is 11.7. The van der Waals surface area contributed by atoms with E-state index in [9.17, 15) is 10.1 Å². The highest BCUT2D eigenvalue weighted by Gasteiger charge is 2.11. The summed E-state index contributed by atoms with van der Waals surface area (Å²) in [5.41, 5.74) is -0.0312.